The molecule has 0 saturated heterocycles. The number of carbonyl (C=O) groups is 1. The molecule has 6 nitrogen and oxygen atoms in total. The van der Waals surface area contributed by atoms with E-state index in [0.717, 1.165) is 22.6 Å². The Balaban J connectivity index is 1.79. The predicted molar refractivity (Wildman–Crippen MR) is 106 cm³/mol. The molecule has 0 bridgehead atoms. The van der Waals surface area contributed by atoms with Crippen LogP contribution < -0.4 is 5.32 Å². The molecule has 27 heavy (non-hydrogen) atoms. The largest absolute Gasteiger partial charge is 0.347 e. The third-order valence-electron chi connectivity index (χ3n) is 4.85. The van der Waals surface area contributed by atoms with E-state index in [9.17, 15) is 4.79 Å². The second kappa shape index (κ2) is 7.19. The number of benzene rings is 1. The quantitative estimate of drug-likeness (QED) is 0.723. The van der Waals surface area contributed by atoms with Crippen molar-refractivity contribution >= 4 is 17.5 Å². The van der Waals surface area contributed by atoms with Crippen molar-refractivity contribution in [3.63, 3.8) is 0 Å². The first-order chi connectivity index (χ1) is 12.7. The van der Waals surface area contributed by atoms with Crippen molar-refractivity contribution in [1.82, 2.24) is 24.6 Å². The highest BCUT2D eigenvalue weighted by atomic mass is 35.5. The van der Waals surface area contributed by atoms with E-state index >= 15 is 0 Å². The fraction of sp³-hybridized carbons (Fsp3) is 0.350. The average molecular weight is 386 g/mol. The number of aromatic nitrogens is 4. The Morgan fingerprint density at radius 1 is 1.22 bits per heavy atom. The molecule has 3 rings (SSSR count). The molecule has 142 valence electrons. The molecule has 2 aromatic heterocycles. The van der Waals surface area contributed by atoms with Crippen molar-refractivity contribution in [3.05, 3.63) is 65.0 Å². The molecule has 1 atom stereocenters. The molecule has 7 heteroatoms. The van der Waals surface area contributed by atoms with E-state index in [1.54, 1.807) is 12.5 Å². The molecule has 0 aliphatic heterocycles. The van der Waals surface area contributed by atoms with Gasteiger partial charge in [-0.25, -0.2) is 9.67 Å². The van der Waals surface area contributed by atoms with Gasteiger partial charge in [0.1, 0.15) is 5.54 Å². The molecule has 1 aromatic carbocycles. The second-order valence-electron chi connectivity index (χ2n) is 7.25. The summed E-state index contributed by atoms with van der Waals surface area (Å²) < 4.78 is 3.67. The number of amides is 1. The van der Waals surface area contributed by atoms with Crippen LogP contribution in [-0.2, 0) is 10.3 Å². The maximum absolute atomic E-state index is 12.9. The van der Waals surface area contributed by atoms with E-state index in [4.69, 9.17) is 11.6 Å². The Morgan fingerprint density at radius 2 is 1.89 bits per heavy atom. The lowest BCUT2D eigenvalue weighted by Gasteiger charge is -2.27. The van der Waals surface area contributed by atoms with E-state index in [2.05, 4.69) is 15.4 Å². The SMILES string of the molecule is Cc1cn(C(C)(C)C(=O)NC(C)c2cnn(-c3ccc(Cl)cc3)c2C)cn1. The number of hydrogen-bond donors (Lipinski definition) is 1. The van der Waals surface area contributed by atoms with Gasteiger partial charge in [-0.2, -0.15) is 5.10 Å². The van der Waals surface area contributed by atoms with Gasteiger partial charge < -0.3 is 9.88 Å². The first-order valence-electron chi connectivity index (χ1n) is 8.82. The van der Waals surface area contributed by atoms with E-state index in [1.165, 1.54) is 0 Å². The van der Waals surface area contributed by atoms with Crippen LogP contribution in [0.4, 0.5) is 0 Å². The van der Waals surface area contributed by atoms with Crippen molar-refractivity contribution in [1.29, 1.82) is 0 Å². The normalized spacial score (nSPS) is 12.8. The molecular formula is C20H24ClN5O. The zero-order valence-electron chi connectivity index (χ0n) is 16.2. The van der Waals surface area contributed by atoms with Gasteiger partial charge in [0.2, 0.25) is 5.91 Å². The summed E-state index contributed by atoms with van der Waals surface area (Å²) in [6.07, 6.45) is 5.35. The number of halogens is 1. The summed E-state index contributed by atoms with van der Waals surface area (Å²) in [6.45, 7) is 9.61. The van der Waals surface area contributed by atoms with Gasteiger partial charge >= 0.3 is 0 Å². The Bertz CT molecular complexity index is 955. The van der Waals surface area contributed by atoms with Crippen molar-refractivity contribution in [2.75, 3.05) is 0 Å². The number of imidazole rings is 1. The number of nitrogens with one attached hydrogen (secondary N) is 1. The molecule has 0 spiro atoms. The summed E-state index contributed by atoms with van der Waals surface area (Å²) in [5.41, 5.74) is 3.01. The molecule has 0 aliphatic rings. The van der Waals surface area contributed by atoms with Crippen molar-refractivity contribution in [2.24, 2.45) is 0 Å². The van der Waals surface area contributed by atoms with Crippen LogP contribution in [0.25, 0.3) is 5.69 Å². The van der Waals surface area contributed by atoms with E-state index in [-0.39, 0.29) is 11.9 Å². The number of hydrogen-bond acceptors (Lipinski definition) is 3. The maximum atomic E-state index is 12.9. The minimum Gasteiger partial charge on any atom is -0.347 e. The molecule has 0 aliphatic carbocycles. The van der Waals surface area contributed by atoms with Crippen molar-refractivity contribution in [2.45, 2.75) is 46.2 Å². The lowest BCUT2D eigenvalue weighted by Crippen LogP contribution is -2.44. The standard InChI is InChI=1S/C20H24ClN5O/c1-13-11-25(12-22-13)20(4,5)19(27)24-14(2)18-10-23-26(15(18)3)17-8-6-16(21)7-9-17/h6-12,14H,1-5H3,(H,24,27). The molecule has 1 N–H and O–H groups in total. The van der Waals surface area contributed by atoms with Crippen LogP contribution in [0.1, 0.15) is 43.8 Å². The number of nitrogens with zero attached hydrogens (tertiary/aromatic N) is 4. The second-order valence-corrected chi connectivity index (χ2v) is 7.69. The zero-order valence-corrected chi connectivity index (χ0v) is 16.9. The molecule has 1 unspecified atom stereocenters. The molecule has 3 aromatic rings. The summed E-state index contributed by atoms with van der Waals surface area (Å²) in [7, 11) is 0. The Labute approximate surface area is 164 Å². The van der Waals surface area contributed by atoms with Crippen LogP contribution in [0.3, 0.4) is 0 Å². The topological polar surface area (TPSA) is 64.7 Å². The predicted octanol–water partition coefficient (Wildman–Crippen LogP) is 3.95. The summed E-state index contributed by atoms with van der Waals surface area (Å²) in [4.78, 5) is 17.1. The van der Waals surface area contributed by atoms with Crippen LogP contribution in [0, 0.1) is 13.8 Å². The first-order valence-corrected chi connectivity index (χ1v) is 9.20. The Morgan fingerprint density at radius 3 is 2.48 bits per heavy atom. The Hall–Kier alpha value is -2.60. The fourth-order valence-corrected chi connectivity index (χ4v) is 3.11. The van der Waals surface area contributed by atoms with E-state index in [0.29, 0.717) is 5.02 Å². The van der Waals surface area contributed by atoms with Crippen LogP contribution in [0.2, 0.25) is 5.02 Å². The van der Waals surface area contributed by atoms with E-state index < -0.39 is 5.54 Å². The summed E-state index contributed by atoms with van der Waals surface area (Å²) in [5, 5.41) is 8.25. The molecule has 0 radical (unpaired) electrons. The van der Waals surface area contributed by atoms with Gasteiger partial charge in [0, 0.05) is 22.5 Å². The van der Waals surface area contributed by atoms with Gasteiger partial charge in [-0.15, -0.1) is 0 Å². The Kier molecular flexibility index (Phi) is 5.11. The highest BCUT2D eigenvalue weighted by Crippen LogP contribution is 2.23. The van der Waals surface area contributed by atoms with Crippen LogP contribution in [0.5, 0.6) is 0 Å². The molecule has 0 saturated carbocycles. The molecule has 0 fully saturated rings. The first kappa shape index (κ1) is 19.2. The summed E-state index contributed by atoms with van der Waals surface area (Å²) in [6, 6.07) is 7.32. The van der Waals surface area contributed by atoms with Crippen LogP contribution >= 0.6 is 11.6 Å². The average Bonchev–Trinajstić information content (AvgIpc) is 3.22. The van der Waals surface area contributed by atoms with Gasteiger partial charge in [0.05, 0.1) is 29.9 Å². The molecule has 2 heterocycles. The number of rotatable bonds is 5. The van der Waals surface area contributed by atoms with Gasteiger partial charge in [0.15, 0.2) is 0 Å². The lowest BCUT2D eigenvalue weighted by molar-refractivity contribution is -0.129. The number of carbonyl (C=O) groups excluding carboxylic acids is 1. The summed E-state index contributed by atoms with van der Waals surface area (Å²) in [5.74, 6) is -0.0777. The van der Waals surface area contributed by atoms with E-state index in [1.807, 2.05) is 74.3 Å². The molecule has 1 amide bonds. The monoisotopic (exact) mass is 385 g/mol. The third-order valence-corrected chi connectivity index (χ3v) is 5.10. The third kappa shape index (κ3) is 3.76. The highest BCUT2D eigenvalue weighted by Gasteiger charge is 2.31. The van der Waals surface area contributed by atoms with Gasteiger partial charge in [-0.05, 0) is 58.9 Å². The maximum Gasteiger partial charge on any atom is 0.246 e. The fourth-order valence-electron chi connectivity index (χ4n) is 2.99. The summed E-state index contributed by atoms with van der Waals surface area (Å²) >= 11 is 5.96. The van der Waals surface area contributed by atoms with Crippen LogP contribution in [0.15, 0.2) is 43.0 Å². The van der Waals surface area contributed by atoms with Gasteiger partial charge in [0.25, 0.3) is 0 Å². The van der Waals surface area contributed by atoms with Gasteiger partial charge in [-0.1, -0.05) is 11.6 Å². The lowest BCUT2D eigenvalue weighted by atomic mass is 10.0. The minimum atomic E-state index is -0.740. The van der Waals surface area contributed by atoms with Crippen molar-refractivity contribution in [3.8, 4) is 5.69 Å². The highest BCUT2D eigenvalue weighted by molar-refractivity contribution is 6.30. The number of aryl methyl sites for hydroxylation is 1. The van der Waals surface area contributed by atoms with Crippen LogP contribution in [-0.4, -0.2) is 25.2 Å². The molecular weight excluding hydrogens is 362 g/mol. The van der Waals surface area contributed by atoms with Gasteiger partial charge in [-0.3, -0.25) is 4.79 Å². The smallest absolute Gasteiger partial charge is 0.246 e. The minimum absolute atomic E-state index is 0.0777. The zero-order chi connectivity index (χ0) is 19.8. The van der Waals surface area contributed by atoms with Crippen molar-refractivity contribution < 1.29 is 4.79 Å².